The molecule has 0 bridgehead atoms. The van der Waals surface area contributed by atoms with Gasteiger partial charge in [0.1, 0.15) is 5.75 Å². The summed E-state index contributed by atoms with van der Waals surface area (Å²) in [6, 6.07) is 10.3. The second-order valence-electron chi connectivity index (χ2n) is 7.39. The first-order valence-corrected chi connectivity index (χ1v) is 9.14. The number of methoxy groups -OCH3 is 1. The average Bonchev–Trinajstić information content (AvgIpc) is 3.06. The van der Waals surface area contributed by atoms with Gasteiger partial charge in [0.05, 0.1) is 7.11 Å². The van der Waals surface area contributed by atoms with Gasteiger partial charge in [0.2, 0.25) is 5.95 Å². The molecular weight excluding hydrogens is 312 g/mol. The van der Waals surface area contributed by atoms with Crippen molar-refractivity contribution in [3.05, 3.63) is 48.3 Å². The number of hydrogen-bond donors (Lipinski definition) is 0. The van der Waals surface area contributed by atoms with Crippen LogP contribution >= 0.6 is 0 Å². The summed E-state index contributed by atoms with van der Waals surface area (Å²) in [7, 11) is 1.73. The van der Waals surface area contributed by atoms with Gasteiger partial charge < -0.3 is 9.64 Å². The lowest BCUT2D eigenvalue weighted by Gasteiger charge is -2.40. The van der Waals surface area contributed by atoms with E-state index in [2.05, 4.69) is 38.0 Å². The fourth-order valence-electron chi connectivity index (χ4n) is 4.37. The third-order valence-corrected chi connectivity index (χ3v) is 5.55. The van der Waals surface area contributed by atoms with Gasteiger partial charge in [-0.3, -0.25) is 4.90 Å². The molecule has 5 heteroatoms. The van der Waals surface area contributed by atoms with Gasteiger partial charge in [0.25, 0.3) is 0 Å². The van der Waals surface area contributed by atoms with E-state index in [0.29, 0.717) is 5.41 Å². The number of benzene rings is 1. The smallest absolute Gasteiger partial charge is 0.225 e. The number of hydrogen-bond acceptors (Lipinski definition) is 5. The van der Waals surface area contributed by atoms with Gasteiger partial charge in [-0.25, -0.2) is 9.97 Å². The molecule has 1 spiro atoms. The maximum absolute atomic E-state index is 5.36. The third-order valence-electron chi connectivity index (χ3n) is 5.55. The predicted molar refractivity (Wildman–Crippen MR) is 98.8 cm³/mol. The van der Waals surface area contributed by atoms with Crippen LogP contribution in [0.25, 0.3) is 0 Å². The molecule has 0 N–H and O–H groups in total. The SMILES string of the molecule is COc1cccc(CN2CCC[C@@]3(CCN(c4ncccn4)C3)C2)c1. The Balaban J connectivity index is 1.42. The summed E-state index contributed by atoms with van der Waals surface area (Å²) < 4.78 is 5.36. The van der Waals surface area contributed by atoms with Crippen molar-refractivity contribution in [3.63, 3.8) is 0 Å². The molecule has 4 rings (SSSR count). The average molecular weight is 338 g/mol. The molecule has 0 radical (unpaired) electrons. The first kappa shape index (κ1) is 16.3. The molecule has 1 aromatic carbocycles. The van der Waals surface area contributed by atoms with E-state index < -0.39 is 0 Å². The fourth-order valence-corrected chi connectivity index (χ4v) is 4.37. The van der Waals surface area contributed by atoms with Gasteiger partial charge >= 0.3 is 0 Å². The van der Waals surface area contributed by atoms with Crippen LogP contribution in [0.1, 0.15) is 24.8 Å². The van der Waals surface area contributed by atoms with Gasteiger partial charge in [-0.1, -0.05) is 12.1 Å². The van der Waals surface area contributed by atoms with Crippen LogP contribution in [-0.2, 0) is 6.54 Å². The van der Waals surface area contributed by atoms with Crippen molar-refractivity contribution in [2.24, 2.45) is 5.41 Å². The van der Waals surface area contributed by atoms with Crippen molar-refractivity contribution in [2.75, 3.05) is 38.2 Å². The van der Waals surface area contributed by atoms with E-state index in [1.807, 2.05) is 24.5 Å². The maximum Gasteiger partial charge on any atom is 0.225 e. The van der Waals surface area contributed by atoms with Crippen LogP contribution in [0.2, 0.25) is 0 Å². The van der Waals surface area contributed by atoms with E-state index >= 15 is 0 Å². The fraction of sp³-hybridized carbons (Fsp3) is 0.500. The first-order valence-electron chi connectivity index (χ1n) is 9.14. The lowest BCUT2D eigenvalue weighted by molar-refractivity contribution is 0.0990. The van der Waals surface area contributed by atoms with Crippen molar-refractivity contribution >= 4 is 5.95 Å². The van der Waals surface area contributed by atoms with Crippen LogP contribution in [0.4, 0.5) is 5.95 Å². The predicted octanol–water partition coefficient (Wildman–Crippen LogP) is 2.98. The Morgan fingerprint density at radius 3 is 2.80 bits per heavy atom. The van der Waals surface area contributed by atoms with Crippen molar-refractivity contribution in [2.45, 2.75) is 25.8 Å². The zero-order valence-corrected chi connectivity index (χ0v) is 14.9. The Hall–Kier alpha value is -2.14. The van der Waals surface area contributed by atoms with Crippen molar-refractivity contribution in [3.8, 4) is 5.75 Å². The van der Waals surface area contributed by atoms with Crippen LogP contribution in [-0.4, -0.2) is 48.2 Å². The Bertz CT molecular complexity index is 708. The summed E-state index contributed by atoms with van der Waals surface area (Å²) in [6.45, 7) is 5.48. The molecule has 0 saturated carbocycles. The summed E-state index contributed by atoms with van der Waals surface area (Å²) in [5.41, 5.74) is 1.72. The van der Waals surface area contributed by atoms with E-state index in [-0.39, 0.29) is 0 Å². The lowest BCUT2D eigenvalue weighted by Crippen LogP contribution is -2.44. The summed E-state index contributed by atoms with van der Waals surface area (Å²) >= 11 is 0. The van der Waals surface area contributed by atoms with E-state index in [9.17, 15) is 0 Å². The van der Waals surface area contributed by atoms with Gasteiger partial charge in [-0.05, 0) is 49.6 Å². The molecule has 1 atom stereocenters. The molecule has 0 amide bonds. The molecule has 2 saturated heterocycles. The maximum atomic E-state index is 5.36. The molecule has 25 heavy (non-hydrogen) atoms. The number of rotatable bonds is 4. The van der Waals surface area contributed by atoms with E-state index in [4.69, 9.17) is 4.74 Å². The highest BCUT2D eigenvalue weighted by molar-refractivity contribution is 5.32. The normalized spacial score (nSPS) is 24.0. The van der Waals surface area contributed by atoms with Gasteiger partial charge in [-0.15, -0.1) is 0 Å². The van der Waals surface area contributed by atoms with E-state index in [0.717, 1.165) is 37.9 Å². The van der Waals surface area contributed by atoms with E-state index in [1.165, 1.54) is 31.4 Å². The molecule has 2 aliphatic rings. The number of piperidine rings is 1. The Morgan fingerprint density at radius 2 is 1.96 bits per heavy atom. The third kappa shape index (κ3) is 3.61. The minimum Gasteiger partial charge on any atom is -0.497 e. The Labute approximate surface area is 149 Å². The highest BCUT2D eigenvalue weighted by Gasteiger charge is 2.41. The molecule has 2 aliphatic heterocycles. The molecule has 3 heterocycles. The molecular formula is C20H26N4O. The minimum atomic E-state index is 0.385. The van der Waals surface area contributed by atoms with Crippen LogP contribution in [0.3, 0.4) is 0 Å². The topological polar surface area (TPSA) is 41.5 Å². The monoisotopic (exact) mass is 338 g/mol. The minimum absolute atomic E-state index is 0.385. The molecule has 1 aromatic heterocycles. The molecule has 132 valence electrons. The summed E-state index contributed by atoms with van der Waals surface area (Å²) in [6.07, 6.45) is 7.49. The van der Waals surface area contributed by atoms with Crippen LogP contribution in [0, 0.1) is 5.41 Å². The van der Waals surface area contributed by atoms with Gasteiger partial charge in [0, 0.05) is 44.0 Å². The van der Waals surface area contributed by atoms with Crippen LogP contribution in [0.15, 0.2) is 42.7 Å². The first-order chi connectivity index (χ1) is 12.3. The molecule has 2 fully saturated rings. The highest BCUT2D eigenvalue weighted by atomic mass is 16.5. The number of nitrogens with zero attached hydrogens (tertiary/aromatic N) is 4. The van der Waals surface area contributed by atoms with E-state index in [1.54, 1.807) is 7.11 Å². The summed E-state index contributed by atoms with van der Waals surface area (Å²) in [5, 5.41) is 0. The van der Waals surface area contributed by atoms with Crippen LogP contribution in [0.5, 0.6) is 5.75 Å². The quantitative estimate of drug-likeness (QED) is 0.857. The van der Waals surface area contributed by atoms with Gasteiger partial charge in [-0.2, -0.15) is 0 Å². The van der Waals surface area contributed by atoms with Gasteiger partial charge in [0.15, 0.2) is 0 Å². The largest absolute Gasteiger partial charge is 0.497 e. The van der Waals surface area contributed by atoms with Crippen LogP contribution < -0.4 is 9.64 Å². The molecule has 5 nitrogen and oxygen atoms in total. The summed E-state index contributed by atoms with van der Waals surface area (Å²) in [4.78, 5) is 13.8. The molecule has 0 aliphatic carbocycles. The number of anilines is 1. The summed E-state index contributed by atoms with van der Waals surface area (Å²) in [5.74, 6) is 1.82. The Kier molecular flexibility index (Phi) is 4.57. The molecule has 2 aromatic rings. The zero-order chi connectivity index (χ0) is 17.1. The zero-order valence-electron chi connectivity index (χ0n) is 14.9. The number of aromatic nitrogens is 2. The second kappa shape index (κ2) is 7.00. The van der Waals surface area contributed by atoms with Crippen molar-refractivity contribution in [1.82, 2.24) is 14.9 Å². The number of likely N-dealkylation sites (tertiary alicyclic amines) is 1. The Morgan fingerprint density at radius 1 is 1.08 bits per heavy atom. The lowest BCUT2D eigenvalue weighted by atomic mass is 9.79. The number of ether oxygens (including phenoxy) is 1. The second-order valence-corrected chi connectivity index (χ2v) is 7.39. The van der Waals surface area contributed by atoms with Crippen molar-refractivity contribution < 1.29 is 4.74 Å². The molecule has 0 unspecified atom stereocenters. The highest BCUT2D eigenvalue weighted by Crippen LogP contribution is 2.40. The standard InChI is InChI=1S/C20H26N4O/c1-25-18-6-2-5-17(13-18)14-23-11-3-7-20(15-23)8-12-24(16-20)19-21-9-4-10-22-19/h2,4-6,9-10,13H,3,7-8,11-12,14-16H2,1H3/t20-/m1/s1. The van der Waals surface area contributed by atoms with Crippen molar-refractivity contribution in [1.29, 1.82) is 0 Å².